The van der Waals surface area contributed by atoms with Crippen molar-refractivity contribution in [3.63, 3.8) is 0 Å². The average Bonchev–Trinajstić information content (AvgIpc) is 2.49. The van der Waals surface area contributed by atoms with Crippen LogP contribution in [0, 0.1) is 13.8 Å². The van der Waals surface area contributed by atoms with E-state index in [1.54, 1.807) is 0 Å². The van der Waals surface area contributed by atoms with Crippen LogP contribution in [0.3, 0.4) is 0 Å². The standard InChI is InChI=1S/C19H23NO/c1-14-8-9-16(12-15(14)2)13-18(21)10-11-19(20)17-6-4-3-5-7-17/h3-9,12,19H,10-11,13,20H2,1-2H3. The van der Waals surface area contributed by atoms with Crippen molar-refractivity contribution in [2.24, 2.45) is 5.73 Å². The van der Waals surface area contributed by atoms with E-state index in [1.165, 1.54) is 11.1 Å². The first-order valence-corrected chi connectivity index (χ1v) is 7.44. The molecule has 110 valence electrons. The lowest BCUT2D eigenvalue weighted by Gasteiger charge is -2.11. The molecule has 0 spiro atoms. The number of aryl methyl sites for hydroxylation is 2. The van der Waals surface area contributed by atoms with Gasteiger partial charge in [0, 0.05) is 18.9 Å². The fourth-order valence-electron chi connectivity index (χ4n) is 2.41. The summed E-state index contributed by atoms with van der Waals surface area (Å²) in [6.45, 7) is 4.16. The van der Waals surface area contributed by atoms with Gasteiger partial charge in [-0.2, -0.15) is 0 Å². The molecule has 0 saturated heterocycles. The van der Waals surface area contributed by atoms with E-state index in [0.717, 1.165) is 11.1 Å². The lowest BCUT2D eigenvalue weighted by atomic mass is 9.98. The summed E-state index contributed by atoms with van der Waals surface area (Å²) in [5.41, 5.74) is 10.8. The second-order valence-electron chi connectivity index (χ2n) is 5.69. The number of carbonyl (C=O) groups excluding carboxylic acids is 1. The smallest absolute Gasteiger partial charge is 0.137 e. The van der Waals surface area contributed by atoms with Crippen LogP contribution in [-0.4, -0.2) is 5.78 Å². The Morgan fingerprint density at radius 1 is 1.05 bits per heavy atom. The Hall–Kier alpha value is -1.93. The van der Waals surface area contributed by atoms with Crippen molar-refractivity contribution < 1.29 is 4.79 Å². The molecular weight excluding hydrogens is 258 g/mol. The Morgan fingerprint density at radius 3 is 2.43 bits per heavy atom. The summed E-state index contributed by atoms with van der Waals surface area (Å²) in [7, 11) is 0. The number of Topliss-reactive ketones (excluding diaryl/α,β-unsaturated/α-hetero) is 1. The van der Waals surface area contributed by atoms with E-state index in [0.29, 0.717) is 19.3 Å². The molecule has 21 heavy (non-hydrogen) atoms. The maximum atomic E-state index is 12.1. The minimum Gasteiger partial charge on any atom is -0.324 e. The molecule has 2 N–H and O–H groups in total. The van der Waals surface area contributed by atoms with E-state index < -0.39 is 0 Å². The summed E-state index contributed by atoms with van der Waals surface area (Å²) in [5.74, 6) is 0.254. The van der Waals surface area contributed by atoms with Gasteiger partial charge in [-0.1, -0.05) is 48.5 Å². The molecule has 1 unspecified atom stereocenters. The van der Waals surface area contributed by atoms with Crippen molar-refractivity contribution in [1.29, 1.82) is 0 Å². The Labute approximate surface area is 127 Å². The van der Waals surface area contributed by atoms with E-state index in [1.807, 2.05) is 36.4 Å². The van der Waals surface area contributed by atoms with E-state index in [2.05, 4.69) is 26.0 Å². The minimum atomic E-state index is -0.0603. The summed E-state index contributed by atoms with van der Waals surface area (Å²) in [6.07, 6.45) is 1.74. The number of ketones is 1. The Bertz CT molecular complexity index is 604. The molecule has 0 aromatic heterocycles. The van der Waals surface area contributed by atoms with Crippen molar-refractivity contribution in [2.75, 3.05) is 0 Å². The molecule has 0 aliphatic heterocycles. The van der Waals surface area contributed by atoms with Crippen LogP contribution < -0.4 is 5.73 Å². The predicted octanol–water partition coefficient (Wildman–Crippen LogP) is 3.90. The van der Waals surface area contributed by atoms with Gasteiger partial charge in [-0.15, -0.1) is 0 Å². The molecule has 1 atom stereocenters. The second kappa shape index (κ2) is 7.19. The third kappa shape index (κ3) is 4.54. The fourth-order valence-corrected chi connectivity index (χ4v) is 2.41. The number of carbonyl (C=O) groups is 1. The summed E-state index contributed by atoms with van der Waals surface area (Å²) in [6, 6.07) is 16.1. The largest absolute Gasteiger partial charge is 0.324 e. The first-order valence-electron chi connectivity index (χ1n) is 7.44. The zero-order valence-corrected chi connectivity index (χ0v) is 12.8. The van der Waals surface area contributed by atoms with Gasteiger partial charge < -0.3 is 5.73 Å². The Balaban J connectivity index is 1.86. The van der Waals surface area contributed by atoms with Gasteiger partial charge in [-0.05, 0) is 42.5 Å². The van der Waals surface area contributed by atoms with Gasteiger partial charge in [0.15, 0.2) is 0 Å². The van der Waals surface area contributed by atoms with Crippen LogP contribution >= 0.6 is 0 Å². The van der Waals surface area contributed by atoms with Gasteiger partial charge in [0.2, 0.25) is 0 Å². The van der Waals surface area contributed by atoms with E-state index in [-0.39, 0.29) is 11.8 Å². The molecule has 0 saturated carbocycles. The van der Waals surface area contributed by atoms with E-state index >= 15 is 0 Å². The molecule has 2 rings (SSSR count). The van der Waals surface area contributed by atoms with Gasteiger partial charge in [0.05, 0.1) is 0 Å². The number of hydrogen-bond donors (Lipinski definition) is 1. The van der Waals surface area contributed by atoms with Crippen LogP contribution in [0.2, 0.25) is 0 Å². The maximum Gasteiger partial charge on any atom is 0.137 e. The zero-order chi connectivity index (χ0) is 15.2. The lowest BCUT2D eigenvalue weighted by Crippen LogP contribution is -2.13. The number of hydrogen-bond acceptors (Lipinski definition) is 2. The van der Waals surface area contributed by atoms with Crippen molar-refractivity contribution in [1.82, 2.24) is 0 Å². The molecule has 2 nitrogen and oxygen atoms in total. The first-order chi connectivity index (χ1) is 10.1. The van der Waals surface area contributed by atoms with E-state index in [4.69, 9.17) is 5.73 Å². The third-order valence-corrected chi connectivity index (χ3v) is 3.93. The molecule has 0 fully saturated rings. The predicted molar refractivity (Wildman–Crippen MR) is 87.2 cm³/mol. The van der Waals surface area contributed by atoms with Crippen molar-refractivity contribution in [3.8, 4) is 0 Å². The first kappa shape index (κ1) is 15.5. The monoisotopic (exact) mass is 281 g/mol. The Kier molecular flexibility index (Phi) is 5.29. The normalized spacial score (nSPS) is 12.1. The highest BCUT2D eigenvalue weighted by Gasteiger charge is 2.10. The molecule has 0 heterocycles. The van der Waals surface area contributed by atoms with Gasteiger partial charge >= 0.3 is 0 Å². The van der Waals surface area contributed by atoms with Gasteiger partial charge in [-0.3, -0.25) is 4.79 Å². The number of benzene rings is 2. The third-order valence-electron chi connectivity index (χ3n) is 3.93. The molecule has 2 aromatic carbocycles. The molecule has 0 bridgehead atoms. The summed E-state index contributed by atoms with van der Waals surface area (Å²) in [5, 5.41) is 0. The molecule has 0 amide bonds. The topological polar surface area (TPSA) is 43.1 Å². The van der Waals surface area contributed by atoms with Crippen LogP contribution in [0.15, 0.2) is 48.5 Å². The second-order valence-corrected chi connectivity index (χ2v) is 5.69. The van der Waals surface area contributed by atoms with Crippen LogP contribution in [0.4, 0.5) is 0 Å². The Morgan fingerprint density at radius 2 is 1.76 bits per heavy atom. The molecule has 0 radical (unpaired) electrons. The van der Waals surface area contributed by atoms with Gasteiger partial charge in [0.1, 0.15) is 5.78 Å². The van der Waals surface area contributed by atoms with E-state index in [9.17, 15) is 4.79 Å². The average molecular weight is 281 g/mol. The molecule has 2 heteroatoms. The fraction of sp³-hybridized carbons (Fsp3) is 0.316. The molecule has 2 aromatic rings. The highest BCUT2D eigenvalue weighted by Crippen LogP contribution is 2.17. The van der Waals surface area contributed by atoms with Crippen LogP contribution in [0.1, 0.15) is 41.1 Å². The van der Waals surface area contributed by atoms with Crippen molar-refractivity contribution in [2.45, 2.75) is 39.2 Å². The van der Waals surface area contributed by atoms with Gasteiger partial charge in [0.25, 0.3) is 0 Å². The number of nitrogens with two attached hydrogens (primary N) is 1. The van der Waals surface area contributed by atoms with Crippen molar-refractivity contribution >= 4 is 5.78 Å². The van der Waals surface area contributed by atoms with Crippen LogP contribution in [0.25, 0.3) is 0 Å². The maximum absolute atomic E-state index is 12.1. The molecule has 0 aliphatic carbocycles. The molecular formula is C19H23NO. The van der Waals surface area contributed by atoms with Crippen molar-refractivity contribution in [3.05, 3.63) is 70.8 Å². The zero-order valence-electron chi connectivity index (χ0n) is 12.8. The lowest BCUT2D eigenvalue weighted by molar-refractivity contribution is -0.118. The summed E-state index contributed by atoms with van der Waals surface area (Å²) >= 11 is 0. The van der Waals surface area contributed by atoms with Crippen LogP contribution in [-0.2, 0) is 11.2 Å². The summed E-state index contributed by atoms with van der Waals surface area (Å²) < 4.78 is 0. The highest BCUT2D eigenvalue weighted by molar-refractivity contribution is 5.81. The number of rotatable bonds is 6. The summed E-state index contributed by atoms with van der Waals surface area (Å²) in [4.78, 5) is 12.1. The minimum absolute atomic E-state index is 0.0603. The highest BCUT2D eigenvalue weighted by atomic mass is 16.1. The quantitative estimate of drug-likeness (QED) is 0.872. The molecule has 0 aliphatic rings. The van der Waals surface area contributed by atoms with Crippen LogP contribution in [0.5, 0.6) is 0 Å². The SMILES string of the molecule is Cc1ccc(CC(=O)CCC(N)c2ccccc2)cc1C. The van der Waals surface area contributed by atoms with Gasteiger partial charge in [-0.25, -0.2) is 0 Å².